The number of esters is 4. The second-order valence-corrected chi connectivity index (χ2v) is 33.8. The number of alkyl carbamates (subject to hydrolysis) is 2. The van der Waals surface area contributed by atoms with Crippen molar-refractivity contribution in [2.45, 2.75) is 226 Å². The van der Waals surface area contributed by atoms with E-state index in [0.29, 0.717) is 63.3 Å². The number of amides is 6. The number of aromatic nitrogens is 4. The van der Waals surface area contributed by atoms with Gasteiger partial charge < -0.3 is 58.5 Å². The van der Waals surface area contributed by atoms with Gasteiger partial charge in [0.2, 0.25) is 11.9 Å². The van der Waals surface area contributed by atoms with Gasteiger partial charge in [-0.2, -0.15) is 0 Å². The van der Waals surface area contributed by atoms with E-state index in [1.54, 1.807) is 33.9 Å². The van der Waals surface area contributed by atoms with E-state index in [-0.39, 0.29) is 151 Å². The minimum atomic E-state index is -3.01. The molecule has 2 aromatic heterocycles. The fourth-order valence-electron chi connectivity index (χ4n) is 11.8. The van der Waals surface area contributed by atoms with E-state index in [1.165, 1.54) is 12.1 Å². The summed E-state index contributed by atoms with van der Waals surface area (Å²) in [5.74, 6) is -1.60. The fraction of sp³-hybridized carbons (Fsp3) is 0.699. The molecule has 30 nitrogen and oxygen atoms in total. The Morgan fingerprint density at radius 2 is 0.913 bits per heavy atom. The summed E-state index contributed by atoms with van der Waals surface area (Å²) in [7, 11) is -3.01. The first-order chi connectivity index (χ1) is 48.4. The zero-order valence-corrected chi connectivity index (χ0v) is 65.8. The number of carbonyl (C=O) groups is 10. The number of ether oxygens (including phenoxy) is 6. The van der Waals surface area contributed by atoms with Crippen LogP contribution in [0.15, 0.2) is 47.0 Å². The Morgan fingerprint density at radius 3 is 1.39 bits per heavy atom. The summed E-state index contributed by atoms with van der Waals surface area (Å²) in [4.78, 5) is 157. The molecular weight excluding hydrogens is 1360 g/mol. The smallest absolute Gasteiger partial charge is 0.457 e. The van der Waals surface area contributed by atoms with Crippen LogP contribution < -0.4 is 43.0 Å². The molecule has 0 bridgehead atoms. The monoisotopic (exact) mass is 1490 g/mol. The molecule has 2 heterocycles. The molecule has 0 aliphatic heterocycles. The number of aromatic amines is 2. The van der Waals surface area contributed by atoms with E-state index in [9.17, 15) is 57.5 Å². The van der Waals surface area contributed by atoms with Gasteiger partial charge in [0.05, 0.1) is 0 Å². The number of nitrogens with one attached hydrogen (secondary N) is 8. The van der Waals surface area contributed by atoms with Crippen molar-refractivity contribution in [3.8, 4) is 0 Å². The van der Waals surface area contributed by atoms with Crippen LogP contribution in [-0.2, 0) is 66.0 Å². The summed E-state index contributed by atoms with van der Waals surface area (Å²) in [6.07, 6.45) is 9.99. The van der Waals surface area contributed by atoms with Crippen molar-refractivity contribution in [3.05, 3.63) is 69.5 Å². The number of hydrogen-bond donors (Lipinski definition) is 8. The molecule has 0 radical (unpaired) electrons. The largest absolute Gasteiger partial charge is 0.485 e. The van der Waals surface area contributed by atoms with Crippen molar-refractivity contribution in [2.75, 3.05) is 69.8 Å². The lowest BCUT2D eigenvalue weighted by Gasteiger charge is -2.28. The molecule has 5 unspecified atom stereocenters. The summed E-state index contributed by atoms with van der Waals surface area (Å²) in [6, 6.07) is 1.76. The number of urea groups is 2. The van der Waals surface area contributed by atoms with Gasteiger partial charge >= 0.3 is 56.7 Å². The van der Waals surface area contributed by atoms with Crippen LogP contribution in [0, 0.1) is 59.2 Å². The van der Waals surface area contributed by atoms with Gasteiger partial charge in [0, 0.05) is 101 Å². The van der Waals surface area contributed by atoms with E-state index in [4.69, 9.17) is 37.3 Å². The Labute approximate surface area is 614 Å². The standard InChI is InChI=1S/C37H61N5O10.C36H61N5O10Si/c1-10-30(44)49-18-19-50-32(46)13-16-37(8,9)21-25(2)14-17-38-35(48)52-28(5)24-51-31(45)12-11-15-36(6,7)22-26(3)23-39-34(47)42-33-40-27(4)20-29(43)41-33;1-11-29(43)48-18-19-49-34(47)38-24-36(7,8)21-25(2)14-12-15-30(44)50-52(9,10)51-31(45)16-13-17-35(5,6)22-26(3)23-37-33(46)41-32-39-27(4)20-28(42)40-32/h10,20,25-26,28H,1,11-19,21-24H2,2-9H3,(H,38,48)(H3,39,40,41,42,43,47);11,20,25-26H,1,12-19,21-24H2,2-10H3,(H,38,47)(H3,37,39,40,41,42,46). The zero-order chi connectivity index (χ0) is 78.9. The highest BCUT2D eigenvalue weighted by Crippen LogP contribution is 2.34. The Balaban J connectivity index is 0.00000104. The van der Waals surface area contributed by atoms with Gasteiger partial charge in [-0.3, -0.25) is 49.4 Å². The molecule has 0 aliphatic carbocycles. The van der Waals surface area contributed by atoms with Crippen LogP contribution in [0.3, 0.4) is 0 Å². The summed E-state index contributed by atoms with van der Waals surface area (Å²) >= 11 is 0. The van der Waals surface area contributed by atoms with Crippen LogP contribution in [0.25, 0.3) is 0 Å². The lowest BCUT2D eigenvalue weighted by molar-refractivity contribution is -0.150. The van der Waals surface area contributed by atoms with E-state index in [0.717, 1.165) is 63.5 Å². The third-order valence-electron chi connectivity index (χ3n) is 16.2. The normalized spacial score (nSPS) is 13.0. The second-order valence-electron chi connectivity index (χ2n) is 30.5. The van der Waals surface area contributed by atoms with Gasteiger partial charge in [-0.25, -0.2) is 38.7 Å². The van der Waals surface area contributed by atoms with Gasteiger partial charge in [0.25, 0.3) is 23.1 Å². The molecule has 588 valence electrons. The quantitative estimate of drug-likeness (QED) is 0.0100. The fourth-order valence-corrected chi connectivity index (χ4v) is 13.2. The van der Waals surface area contributed by atoms with E-state index in [2.05, 4.69) is 120 Å². The predicted octanol–water partition coefficient (Wildman–Crippen LogP) is 11.5. The number of aryl methyl sites for hydroxylation is 2. The van der Waals surface area contributed by atoms with Crippen LogP contribution in [0.2, 0.25) is 13.1 Å². The van der Waals surface area contributed by atoms with Crippen molar-refractivity contribution in [3.63, 3.8) is 0 Å². The molecule has 31 heteroatoms. The molecular formula is C73H122N10O20Si. The third kappa shape index (κ3) is 48.3. The van der Waals surface area contributed by atoms with Crippen LogP contribution >= 0.6 is 0 Å². The molecule has 0 aromatic carbocycles. The van der Waals surface area contributed by atoms with E-state index >= 15 is 0 Å². The third-order valence-corrected chi connectivity index (χ3v) is 17.6. The molecule has 0 saturated heterocycles. The van der Waals surface area contributed by atoms with Crippen molar-refractivity contribution >= 4 is 80.5 Å². The number of anilines is 2. The number of rotatable bonds is 47. The summed E-state index contributed by atoms with van der Waals surface area (Å²) in [5.41, 5.74) is -0.209. The first-order valence-electron chi connectivity index (χ1n) is 35.8. The van der Waals surface area contributed by atoms with Gasteiger partial charge in [0.15, 0.2) is 0 Å². The molecule has 8 N–H and O–H groups in total. The van der Waals surface area contributed by atoms with Gasteiger partial charge in [-0.15, -0.1) is 0 Å². The Bertz CT molecular complexity index is 3200. The maximum atomic E-state index is 12.6. The topological polar surface area (TPSA) is 408 Å². The Hall–Kier alpha value is -8.64. The number of H-pyrrole nitrogens is 2. The molecule has 0 fully saturated rings. The Morgan fingerprint density at radius 1 is 0.500 bits per heavy atom. The minimum Gasteiger partial charge on any atom is -0.485 e. The average Bonchev–Trinajstić information content (AvgIpc) is 0.891. The van der Waals surface area contributed by atoms with E-state index < -0.39 is 50.9 Å². The molecule has 6 amide bonds. The van der Waals surface area contributed by atoms with E-state index in [1.807, 2.05) is 27.7 Å². The zero-order valence-electron chi connectivity index (χ0n) is 64.8. The first kappa shape index (κ1) is 93.4. The Kier molecular flexibility index (Phi) is 42.8. The maximum absolute atomic E-state index is 12.6. The molecule has 2 aromatic rings. The lowest BCUT2D eigenvalue weighted by atomic mass is 9.79. The molecule has 104 heavy (non-hydrogen) atoms. The highest BCUT2D eigenvalue weighted by molar-refractivity contribution is 6.67. The highest BCUT2D eigenvalue weighted by Gasteiger charge is 2.34. The van der Waals surface area contributed by atoms with Crippen LogP contribution in [0.5, 0.6) is 0 Å². The SMILES string of the molecule is C=CC(=O)OCCOC(=O)CCC(C)(C)CC(C)CCNC(=O)OC(C)COC(=O)CCCC(C)(C)CC(C)CNC(=O)Nc1nc(C)cc(=O)[nH]1.C=CC(=O)OCCOC(=O)NCC(C)(C)CC(C)CCCC(=O)O[Si](C)(C)OC(=O)CCCC(C)(C)CC(C)CNC(=O)Nc1nc(C)cc(=O)[nH]1. The van der Waals surface area contributed by atoms with Crippen molar-refractivity contribution in [2.24, 2.45) is 45.3 Å². The average molecular weight is 1490 g/mol. The molecule has 0 spiro atoms. The maximum Gasteiger partial charge on any atom is 0.457 e. The first-order valence-corrected chi connectivity index (χ1v) is 38.6. The summed E-state index contributed by atoms with van der Waals surface area (Å²) in [6.45, 7) is 41.4. The van der Waals surface area contributed by atoms with Crippen molar-refractivity contribution in [1.82, 2.24) is 41.2 Å². The molecule has 5 atom stereocenters. The van der Waals surface area contributed by atoms with Gasteiger partial charge in [0.1, 0.15) is 39.1 Å². The van der Waals surface area contributed by atoms with Crippen molar-refractivity contribution < 1.29 is 85.2 Å². The lowest BCUT2D eigenvalue weighted by Crippen LogP contribution is -2.39. The number of carbonyl (C=O) groups excluding carboxylic acids is 10. The summed E-state index contributed by atoms with van der Waals surface area (Å²) in [5, 5.41) is 16.1. The minimum absolute atomic E-state index is 0.00272. The van der Waals surface area contributed by atoms with Gasteiger partial charge in [-0.05, 0) is 137 Å². The molecule has 0 saturated carbocycles. The number of nitrogens with zero attached hydrogens (tertiary/aromatic N) is 2. The van der Waals surface area contributed by atoms with Crippen molar-refractivity contribution in [1.29, 1.82) is 0 Å². The highest BCUT2D eigenvalue weighted by atomic mass is 28.4. The molecule has 0 aliphatic rings. The van der Waals surface area contributed by atoms with Crippen LogP contribution in [0.4, 0.5) is 31.1 Å². The second kappa shape index (κ2) is 47.7. The van der Waals surface area contributed by atoms with Crippen LogP contribution in [0.1, 0.15) is 204 Å². The number of hydrogen-bond acceptors (Lipinski definition) is 22. The molecule has 2 rings (SSSR count). The predicted molar refractivity (Wildman–Crippen MR) is 396 cm³/mol. The van der Waals surface area contributed by atoms with Gasteiger partial charge in [-0.1, -0.05) is 103 Å². The summed E-state index contributed by atoms with van der Waals surface area (Å²) < 4.78 is 41.5. The van der Waals surface area contributed by atoms with Crippen LogP contribution in [-0.4, -0.2) is 154 Å².